The molecule has 1 amide bonds. The standard InChI is InChI=1S/C17H16ClN3O3S/c1-2-9-20(17-19-14-5-3-4-6-15(14)25-17)16(22)12-10-11(21(23)24)7-8-13(12)18/h2,7-8,10H,1,3-6,9H2. The predicted octanol–water partition coefficient (Wildman–Crippen LogP) is 4.42. The first-order valence-electron chi connectivity index (χ1n) is 7.86. The van der Waals surface area contributed by atoms with Gasteiger partial charge in [0.2, 0.25) is 0 Å². The van der Waals surface area contributed by atoms with Crippen LogP contribution in [0.2, 0.25) is 5.02 Å². The number of hydrogen-bond acceptors (Lipinski definition) is 5. The number of amides is 1. The largest absolute Gasteiger partial charge is 0.280 e. The molecule has 130 valence electrons. The Labute approximate surface area is 153 Å². The Morgan fingerprint density at radius 1 is 1.44 bits per heavy atom. The number of aromatic nitrogens is 1. The fraction of sp³-hybridized carbons (Fsp3) is 0.294. The van der Waals surface area contributed by atoms with Gasteiger partial charge in [-0.1, -0.05) is 17.7 Å². The summed E-state index contributed by atoms with van der Waals surface area (Å²) < 4.78 is 0. The molecule has 6 nitrogen and oxygen atoms in total. The number of halogens is 1. The van der Waals surface area contributed by atoms with Crippen LogP contribution in [0.5, 0.6) is 0 Å². The molecule has 1 aromatic carbocycles. The molecule has 1 aromatic heterocycles. The zero-order valence-corrected chi connectivity index (χ0v) is 15.0. The molecular weight excluding hydrogens is 362 g/mol. The number of nitro benzene ring substituents is 1. The molecule has 0 bridgehead atoms. The SMILES string of the molecule is C=CCN(C(=O)c1cc([N+](=O)[O-])ccc1Cl)c1nc2c(s1)CCCC2. The van der Waals surface area contributed by atoms with E-state index in [0.717, 1.165) is 31.4 Å². The predicted molar refractivity (Wildman–Crippen MR) is 98.7 cm³/mol. The molecule has 8 heteroatoms. The van der Waals surface area contributed by atoms with Gasteiger partial charge in [0.25, 0.3) is 11.6 Å². The number of carbonyl (C=O) groups excluding carboxylic acids is 1. The van der Waals surface area contributed by atoms with Gasteiger partial charge in [0.05, 0.1) is 21.2 Å². The minimum absolute atomic E-state index is 0.0888. The number of benzene rings is 1. The van der Waals surface area contributed by atoms with Crippen molar-refractivity contribution < 1.29 is 9.72 Å². The maximum Gasteiger partial charge on any atom is 0.270 e. The average Bonchev–Trinajstić information content (AvgIpc) is 3.03. The van der Waals surface area contributed by atoms with Crippen LogP contribution in [0, 0.1) is 10.1 Å². The number of rotatable bonds is 5. The van der Waals surface area contributed by atoms with E-state index in [1.165, 1.54) is 39.3 Å². The van der Waals surface area contributed by atoms with E-state index in [9.17, 15) is 14.9 Å². The van der Waals surface area contributed by atoms with Crippen molar-refractivity contribution in [3.63, 3.8) is 0 Å². The molecular formula is C17H16ClN3O3S. The van der Waals surface area contributed by atoms with Gasteiger partial charge in [-0.3, -0.25) is 19.8 Å². The van der Waals surface area contributed by atoms with Crippen LogP contribution in [-0.2, 0) is 12.8 Å². The van der Waals surface area contributed by atoms with Crippen molar-refractivity contribution in [3.8, 4) is 0 Å². The summed E-state index contributed by atoms with van der Waals surface area (Å²) in [4.78, 5) is 30.7. The van der Waals surface area contributed by atoms with Crippen molar-refractivity contribution in [3.05, 3.63) is 62.1 Å². The number of nitrogens with zero attached hydrogens (tertiary/aromatic N) is 3. The Balaban J connectivity index is 1.99. The molecule has 0 N–H and O–H groups in total. The Morgan fingerprint density at radius 3 is 2.88 bits per heavy atom. The normalized spacial score (nSPS) is 13.2. The molecule has 3 rings (SSSR count). The second-order valence-electron chi connectivity index (χ2n) is 5.70. The van der Waals surface area contributed by atoms with Crippen LogP contribution in [-0.4, -0.2) is 22.4 Å². The van der Waals surface area contributed by atoms with Gasteiger partial charge < -0.3 is 0 Å². The van der Waals surface area contributed by atoms with E-state index >= 15 is 0 Å². The highest BCUT2D eigenvalue weighted by atomic mass is 35.5. The van der Waals surface area contributed by atoms with E-state index in [4.69, 9.17) is 11.6 Å². The van der Waals surface area contributed by atoms with Gasteiger partial charge in [0, 0.05) is 23.6 Å². The molecule has 1 aliphatic carbocycles. The number of carbonyl (C=O) groups is 1. The number of non-ortho nitro benzene ring substituents is 1. The Hall–Kier alpha value is -2.25. The molecule has 1 heterocycles. The third kappa shape index (κ3) is 3.57. The average molecular weight is 378 g/mol. The van der Waals surface area contributed by atoms with Gasteiger partial charge >= 0.3 is 0 Å². The molecule has 1 aliphatic rings. The topological polar surface area (TPSA) is 76.3 Å². The van der Waals surface area contributed by atoms with E-state index in [1.54, 1.807) is 6.08 Å². The van der Waals surface area contributed by atoms with E-state index in [2.05, 4.69) is 11.6 Å². The van der Waals surface area contributed by atoms with Crippen LogP contribution < -0.4 is 4.90 Å². The van der Waals surface area contributed by atoms with Gasteiger partial charge in [0.1, 0.15) is 0 Å². The van der Waals surface area contributed by atoms with E-state index < -0.39 is 10.8 Å². The van der Waals surface area contributed by atoms with Crippen LogP contribution in [0.1, 0.15) is 33.8 Å². The minimum atomic E-state index is -0.549. The van der Waals surface area contributed by atoms with Gasteiger partial charge in [-0.05, 0) is 31.7 Å². The molecule has 0 saturated carbocycles. The Bertz CT molecular complexity index is 826. The monoisotopic (exact) mass is 377 g/mol. The molecule has 0 saturated heterocycles. The lowest BCUT2D eigenvalue weighted by Crippen LogP contribution is -2.31. The number of aryl methyl sites for hydroxylation is 2. The first-order valence-corrected chi connectivity index (χ1v) is 9.06. The zero-order valence-electron chi connectivity index (χ0n) is 13.4. The summed E-state index contributed by atoms with van der Waals surface area (Å²) in [6, 6.07) is 3.85. The van der Waals surface area contributed by atoms with Crippen LogP contribution in [0.4, 0.5) is 10.8 Å². The van der Waals surface area contributed by atoms with Crippen molar-refractivity contribution in [1.29, 1.82) is 0 Å². The van der Waals surface area contributed by atoms with Crippen molar-refractivity contribution in [1.82, 2.24) is 4.98 Å². The summed E-state index contributed by atoms with van der Waals surface area (Å²) in [7, 11) is 0. The number of nitro groups is 1. The molecule has 0 fully saturated rings. The van der Waals surface area contributed by atoms with E-state index in [0.29, 0.717) is 5.13 Å². The molecule has 0 atom stereocenters. The fourth-order valence-corrected chi connectivity index (χ4v) is 4.12. The van der Waals surface area contributed by atoms with Gasteiger partial charge in [-0.15, -0.1) is 17.9 Å². The summed E-state index contributed by atoms with van der Waals surface area (Å²) in [5, 5.41) is 11.8. The first kappa shape index (κ1) is 17.6. The van der Waals surface area contributed by atoms with Gasteiger partial charge in [-0.25, -0.2) is 4.98 Å². The highest BCUT2D eigenvalue weighted by molar-refractivity contribution is 7.16. The summed E-state index contributed by atoms with van der Waals surface area (Å²) >= 11 is 7.61. The molecule has 2 aromatic rings. The van der Waals surface area contributed by atoms with E-state index in [-0.39, 0.29) is 22.8 Å². The van der Waals surface area contributed by atoms with E-state index in [1.807, 2.05) is 0 Å². The van der Waals surface area contributed by atoms with Crippen LogP contribution >= 0.6 is 22.9 Å². The fourth-order valence-electron chi connectivity index (χ4n) is 2.77. The number of thiazole rings is 1. The van der Waals surface area contributed by atoms with Crippen LogP contribution in [0.25, 0.3) is 0 Å². The number of anilines is 1. The second kappa shape index (κ2) is 7.33. The maximum absolute atomic E-state index is 13.0. The summed E-state index contributed by atoms with van der Waals surface area (Å²) in [6.07, 6.45) is 5.72. The summed E-state index contributed by atoms with van der Waals surface area (Å²) in [5.74, 6) is -0.417. The first-order chi connectivity index (χ1) is 12.0. The molecule has 0 radical (unpaired) electrons. The maximum atomic E-state index is 13.0. The second-order valence-corrected chi connectivity index (χ2v) is 7.17. The van der Waals surface area contributed by atoms with Crippen LogP contribution in [0.3, 0.4) is 0 Å². The highest BCUT2D eigenvalue weighted by Crippen LogP contribution is 2.33. The summed E-state index contributed by atoms with van der Waals surface area (Å²) in [5.41, 5.74) is 0.953. The molecule has 0 aliphatic heterocycles. The van der Waals surface area contributed by atoms with Crippen molar-refractivity contribution in [2.45, 2.75) is 25.7 Å². The smallest absolute Gasteiger partial charge is 0.270 e. The summed E-state index contributed by atoms with van der Waals surface area (Å²) in [6.45, 7) is 3.95. The lowest BCUT2D eigenvalue weighted by Gasteiger charge is -2.18. The van der Waals surface area contributed by atoms with Crippen molar-refractivity contribution >= 4 is 39.7 Å². The lowest BCUT2D eigenvalue weighted by molar-refractivity contribution is -0.384. The molecule has 25 heavy (non-hydrogen) atoms. The number of fused-ring (bicyclic) bond motifs is 1. The Morgan fingerprint density at radius 2 is 2.20 bits per heavy atom. The molecule has 0 spiro atoms. The van der Waals surface area contributed by atoms with Crippen molar-refractivity contribution in [2.24, 2.45) is 0 Å². The third-order valence-corrected chi connectivity index (χ3v) is 5.52. The molecule has 0 unspecified atom stereocenters. The highest BCUT2D eigenvalue weighted by Gasteiger charge is 2.26. The van der Waals surface area contributed by atoms with Crippen molar-refractivity contribution in [2.75, 3.05) is 11.4 Å². The zero-order chi connectivity index (χ0) is 18.0. The van der Waals surface area contributed by atoms with Gasteiger partial charge in [-0.2, -0.15) is 0 Å². The Kier molecular flexibility index (Phi) is 5.15. The quantitative estimate of drug-likeness (QED) is 0.439. The van der Waals surface area contributed by atoms with Crippen LogP contribution in [0.15, 0.2) is 30.9 Å². The minimum Gasteiger partial charge on any atom is -0.280 e. The third-order valence-electron chi connectivity index (χ3n) is 4.01. The number of hydrogen-bond donors (Lipinski definition) is 0. The lowest BCUT2D eigenvalue weighted by atomic mass is 10.0. The van der Waals surface area contributed by atoms with Gasteiger partial charge in [0.15, 0.2) is 5.13 Å².